The number of anilines is 1. The van der Waals surface area contributed by atoms with Crippen molar-refractivity contribution in [3.05, 3.63) is 29.8 Å². The Kier molecular flexibility index (Phi) is 2.41. The molecule has 1 aliphatic rings. The first kappa shape index (κ1) is 9.71. The Bertz CT molecular complexity index is 414. The van der Waals surface area contributed by atoms with Gasteiger partial charge in [-0.15, -0.1) is 0 Å². The summed E-state index contributed by atoms with van der Waals surface area (Å²) >= 11 is 0. The van der Waals surface area contributed by atoms with Crippen LogP contribution in [-0.2, 0) is 9.59 Å². The van der Waals surface area contributed by atoms with E-state index in [2.05, 4.69) is 5.32 Å². The summed E-state index contributed by atoms with van der Waals surface area (Å²) in [6.45, 7) is 0. The molecule has 1 aliphatic heterocycles. The number of carboxylic acids is 1. The zero-order chi connectivity index (χ0) is 10.8. The lowest BCUT2D eigenvalue weighted by molar-refractivity contribution is -0.137. The van der Waals surface area contributed by atoms with Crippen LogP contribution in [0.5, 0.6) is 0 Å². The molecule has 1 atom stereocenters. The first-order chi connectivity index (χ1) is 7.16. The minimum Gasteiger partial charge on any atom is -0.481 e. The molecule has 0 spiro atoms. The lowest BCUT2D eigenvalue weighted by atomic mass is 9.88. The van der Waals surface area contributed by atoms with E-state index in [9.17, 15) is 9.59 Å². The van der Waals surface area contributed by atoms with Gasteiger partial charge in [0, 0.05) is 18.0 Å². The van der Waals surface area contributed by atoms with E-state index in [1.807, 2.05) is 18.2 Å². The van der Waals surface area contributed by atoms with Gasteiger partial charge in [0.2, 0.25) is 5.91 Å². The third-order valence-corrected chi connectivity index (χ3v) is 2.53. The smallest absolute Gasteiger partial charge is 0.303 e. The number of benzene rings is 1. The Hall–Kier alpha value is -1.84. The van der Waals surface area contributed by atoms with E-state index in [1.54, 1.807) is 6.07 Å². The number of rotatable bonds is 2. The Morgan fingerprint density at radius 3 is 2.93 bits per heavy atom. The number of carbonyl (C=O) groups is 2. The Morgan fingerprint density at radius 2 is 2.20 bits per heavy atom. The van der Waals surface area contributed by atoms with Crippen LogP contribution in [-0.4, -0.2) is 17.0 Å². The molecule has 0 saturated heterocycles. The van der Waals surface area contributed by atoms with Gasteiger partial charge in [0.25, 0.3) is 0 Å². The first-order valence-corrected chi connectivity index (χ1v) is 4.77. The van der Waals surface area contributed by atoms with Crippen molar-refractivity contribution in [1.29, 1.82) is 0 Å². The van der Waals surface area contributed by atoms with Crippen LogP contribution in [0.3, 0.4) is 0 Å². The molecular formula is C11H11NO3. The van der Waals surface area contributed by atoms with Gasteiger partial charge < -0.3 is 10.4 Å². The van der Waals surface area contributed by atoms with Gasteiger partial charge in [-0.3, -0.25) is 9.59 Å². The van der Waals surface area contributed by atoms with Gasteiger partial charge in [-0.25, -0.2) is 0 Å². The molecule has 15 heavy (non-hydrogen) atoms. The molecule has 2 rings (SSSR count). The summed E-state index contributed by atoms with van der Waals surface area (Å²) in [6.07, 6.45) is 0.258. The van der Waals surface area contributed by atoms with Crippen molar-refractivity contribution in [1.82, 2.24) is 0 Å². The Labute approximate surface area is 86.9 Å². The summed E-state index contributed by atoms with van der Waals surface area (Å²) in [5.41, 5.74) is 1.65. The van der Waals surface area contributed by atoms with Gasteiger partial charge in [0.1, 0.15) is 0 Å². The van der Waals surface area contributed by atoms with Crippen LogP contribution in [0.2, 0.25) is 0 Å². The van der Waals surface area contributed by atoms with E-state index in [4.69, 9.17) is 5.11 Å². The lowest BCUT2D eigenvalue weighted by Gasteiger charge is -2.24. The maximum atomic E-state index is 11.3. The third-order valence-electron chi connectivity index (χ3n) is 2.53. The van der Waals surface area contributed by atoms with Gasteiger partial charge >= 0.3 is 5.97 Å². The van der Waals surface area contributed by atoms with Gasteiger partial charge in [-0.05, 0) is 11.6 Å². The lowest BCUT2D eigenvalue weighted by Crippen LogP contribution is -2.24. The van der Waals surface area contributed by atoms with Gasteiger partial charge in [-0.2, -0.15) is 0 Å². The van der Waals surface area contributed by atoms with Gasteiger partial charge in [0.15, 0.2) is 0 Å². The zero-order valence-electron chi connectivity index (χ0n) is 8.06. The van der Waals surface area contributed by atoms with Crippen LogP contribution < -0.4 is 5.32 Å². The monoisotopic (exact) mass is 205 g/mol. The summed E-state index contributed by atoms with van der Waals surface area (Å²) in [7, 11) is 0. The fourth-order valence-corrected chi connectivity index (χ4v) is 1.89. The fourth-order valence-electron chi connectivity index (χ4n) is 1.89. The topological polar surface area (TPSA) is 66.4 Å². The Morgan fingerprint density at radius 1 is 1.47 bits per heavy atom. The quantitative estimate of drug-likeness (QED) is 0.770. The number of carboxylic acid groups (broad SMARTS) is 1. The van der Waals surface area contributed by atoms with E-state index >= 15 is 0 Å². The molecule has 0 fully saturated rings. The Balaban J connectivity index is 2.33. The van der Waals surface area contributed by atoms with E-state index in [1.165, 1.54) is 0 Å². The average molecular weight is 205 g/mol. The summed E-state index contributed by atoms with van der Waals surface area (Å²) < 4.78 is 0. The van der Waals surface area contributed by atoms with E-state index in [0.717, 1.165) is 11.3 Å². The van der Waals surface area contributed by atoms with Crippen LogP contribution in [0, 0.1) is 0 Å². The molecule has 1 aromatic rings. The highest BCUT2D eigenvalue weighted by atomic mass is 16.4. The normalized spacial score (nSPS) is 19.2. The van der Waals surface area contributed by atoms with Crippen molar-refractivity contribution in [2.24, 2.45) is 0 Å². The first-order valence-electron chi connectivity index (χ1n) is 4.77. The van der Waals surface area contributed by atoms with Crippen molar-refractivity contribution in [2.75, 3.05) is 5.32 Å². The molecule has 0 unspecified atom stereocenters. The van der Waals surface area contributed by atoms with Crippen LogP contribution >= 0.6 is 0 Å². The van der Waals surface area contributed by atoms with Crippen molar-refractivity contribution in [2.45, 2.75) is 18.8 Å². The molecule has 1 amide bonds. The predicted molar refractivity (Wildman–Crippen MR) is 54.7 cm³/mol. The minimum atomic E-state index is -0.871. The maximum Gasteiger partial charge on any atom is 0.303 e. The number of para-hydroxylation sites is 1. The maximum absolute atomic E-state index is 11.3. The SMILES string of the molecule is O=C(O)C[C@H]1CC(=O)Nc2ccccc21. The molecule has 0 radical (unpaired) electrons. The number of carbonyl (C=O) groups excluding carboxylic acids is 1. The summed E-state index contributed by atoms with van der Waals surface area (Å²) in [5, 5.41) is 11.5. The van der Waals surface area contributed by atoms with Crippen molar-refractivity contribution >= 4 is 17.6 Å². The van der Waals surface area contributed by atoms with Crippen molar-refractivity contribution < 1.29 is 14.7 Å². The molecule has 0 aromatic heterocycles. The zero-order valence-corrected chi connectivity index (χ0v) is 8.06. The molecule has 78 valence electrons. The molecule has 0 bridgehead atoms. The van der Waals surface area contributed by atoms with Gasteiger partial charge in [-0.1, -0.05) is 18.2 Å². The highest BCUT2D eigenvalue weighted by molar-refractivity contribution is 5.95. The molecule has 0 aliphatic carbocycles. The average Bonchev–Trinajstić information content (AvgIpc) is 2.16. The largest absolute Gasteiger partial charge is 0.481 e. The van der Waals surface area contributed by atoms with E-state index in [0.29, 0.717) is 0 Å². The minimum absolute atomic E-state index is 0.00440. The third kappa shape index (κ3) is 1.98. The highest BCUT2D eigenvalue weighted by Crippen LogP contribution is 2.33. The molecule has 4 nitrogen and oxygen atoms in total. The van der Waals surface area contributed by atoms with Crippen LogP contribution in [0.15, 0.2) is 24.3 Å². The van der Waals surface area contributed by atoms with E-state index in [-0.39, 0.29) is 24.7 Å². The molecule has 1 heterocycles. The van der Waals surface area contributed by atoms with E-state index < -0.39 is 5.97 Å². The summed E-state index contributed by atoms with van der Waals surface area (Å²) in [6, 6.07) is 7.33. The van der Waals surface area contributed by atoms with Crippen molar-refractivity contribution in [3.8, 4) is 0 Å². The number of hydrogen-bond acceptors (Lipinski definition) is 2. The van der Waals surface area contributed by atoms with Crippen LogP contribution in [0.4, 0.5) is 5.69 Å². The number of fused-ring (bicyclic) bond motifs is 1. The number of amides is 1. The summed E-state index contributed by atoms with van der Waals surface area (Å²) in [4.78, 5) is 22.0. The number of hydrogen-bond donors (Lipinski definition) is 2. The fraction of sp³-hybridized carbons (Fsp3) is 0.273. The molecule has 2 N–H and O–H groups in total. The predicted octanol–water partition coefficient (Wildman–Crippen LogP) is 1.59. The summed E-state index contributed by atoms with van der Waals surface area (Å²) in [5.74, 6) is -1.18. The molecular weight excluding hydrogens is 194 g/mol. The number of nitrogens with one attached hydrogen (secondary N) is 1. The second kappa shape index (κ2) is 3.73. The standard InChI is InChI=1S/C11H11NO3/c13-10-5-7(6-11(14)15)8-3-1-2-4-9(8)12-10/h1-4,7H,5-6H2,(H,12,13)(H,14,15)/t7-/m1/s1. The molecule has 0 saturated carbocycles. The van der Waals surface area contributed by atoms with Crippen molar-refractivity contribution in [3.63, 3.8) is 0 Å². The second-order valence-electron chi connectivity index (χ2n) is 3.63. The van der Waals surface area contributed by atoms with Crippen LogP contribution in [0.1, 0.15) is 24.3 Å². The highest BCUT2D eigenvalue weighted by Gasteiger charge is 2.26. The number of aliphatic carboxylic acids is 1. The molecule has 1 aromatic carbocycles. The van der Waals surface area contributed by atoms with Gasteiger partial charge in [0.05, 0.1) is 6.42 Å². The van der Waals surface area contributed by atoms with Crippen LogP contribution in [0.25, 0.3) is 0 Å². The second-order valence-corrected chi connectivity index (χ2v) is 3.63. The molecule has 4 heteroatoms.